The van der Waals surface area contributed by atoms with Crippen molar-refractivity contribution in [3.8, 4) is 0 Å². The molecule has 2 aromatic rings. The van der Waals surface area contributed by atoms with Crippen molar-refractivity contribution in [2.24, 2.45) is 0 Å². The maximum atomic E-state index is 11.8. The molecule has 2 N–H and O–H groups in total. The van der Waals surface area contributed by atoms with E-state index < -0.39 is 0 Å². The SMILES string of the molecule is CCn1ccn(Cc2cccnc2N)c1=O. The predicted octanol–water partition coefficient (Wildman–Crippen LogP) is 0.695. The van der Waals surface area contributed by atoms with E-state index in [2.05, 4.69) is 4.98 Å². The van der Waals surface area contributed by atoms with Crippen LogP contribution >= 0.6 is 0 Å². The minimum Gasteiger partial charge on any atom is -0.383 e. The van der Waals surface area contributed by atoms with Crippen LogP contribution in [0.4, 0.5) is 5.82 Å². The van der Waals surface area contributed by atoms with Gasteiger partial charge in [0.25, 0.3) is 0 Å². The van der Waals surface area contributed by atoms with Crippen molar-refractivity contribution in [2.45, 2.75) is 20.0 Å². The Morgan fingerprint density at radius 1 is 1.38 bits per heavy atom. The van der Waals surface area contributed by atoms with Gasteiger partial charge in [-0.05, 0) is 13.0 Å². The molecule has 16 heavy (non-hydrogen) atoms. The second-order valence-electron chi connectivity index (χ2n) is 3.54. The van der Waals surface area contributed by atoms with Gasteiger partial charge in [-0.1, -0.05) is 6.07 Å². The maximum Gasteiger partial charge on any atom is 0.328 e. The molecule has 0 bridgehead atoms. The highest BCUT2D eigenvalue weighted by Crippen LogP contribution is 2.07. The second kappa shape index (κ2) is 4.22. The van der Waals surface area contributed by atoms with Crippen LogP contribution in [0, 0.1) is 0 Å². The number of aryl methyl sites for hydroxylation is 1. The molecule has 0 aliphatic carbocycles. The molecule has 0 spiro atoms. The van der Waals surface area contributed by atoms with Gasteiger partial charge in [0.2, 0.25) is 0 Å². The summed E-state index contributed by atoms with van der Waals surface area (Å²) in [6, 6.07) is 3.69. The van der Waals surface area contributed by atoms with Crippen molar-refractivity contribution < 1.29 is 0 Å². The minimum atomic E-state index is -0.0225. The first kappa shape index (κ1) is 10.5. The first-order chi connectivity index (χ1) is 7.72. The average Bonchev–Trinajstić information content (AvgIpc) is 2.63. The lowest BCUT2D eigenvalue weighted by Crippen LogP contribution is -2.24. The summed E-state index contributed by atoms with van der Waals surface area (Å²) < 4.78 is 3.27. The Kier molecular flexibility index (Phi) is 2.76. The van der Waals surface area contributed by atoms with Crippen molar-refractivity contribution in [1.29, 1.82) is 0 Å². The van der Waals surface area contributed by atoms with Crippen molar-refractivity contribution in [3.63, 3.8) is 0 Å². The molecule has 2 aromatic heterocycles. The molecule has 0 aliphatic heterocycles. The molecule has 0 unspecified atom stereocenters. The second-order valence-corrected chi connectivity index (χ2v) is 3.54. The number of nitrogens with two attached hydrogens (primary N) is 1. The lowest BCUT2D eigenvalue weighted by Gasteiger charge is -2.04. The molecule has 2 heterocycles. The smallest absolute Gasteiger partial charge is 0.328 e. The zero-order chi connectivity index (χ0) is 11.5. The first-order valence-electron chi connectivity index (χ1n) is 5.17. The maximum absolute atomic E-state index is 11.8. The number of aromatic nitrogens is 3. The van der Waals surface area contributed by atoms with Gasteiger partial charge < -0.3 is 5.73 Å². The van der Waals surface area contributed by atoms with Crippen LogP contribution < -0.4 is 11.4 Å². The van der Waals surface area contributed by atoms with E-state index >= 15 is 0 Å². The van der Waals surface area contributed by atoms with Crippen LogP contribution in [0.15, 0.2) is 35.5 Å². The third kappa shape index (κ3) is 1.84. The zero-order valence-corrected chi connectivity index (χ0v) is 9.13. The Labute approximate surface area is 93.2 Å². The number of pyridine rings is 1. The van der Waals surface area contributed by atoms with Crippen molar-refractivity contribution in [3.05, 3.63) is 46.8 Å². The molecule has 0 saturated carbocycles. The van der Waals surface area contributed by atoms with E-state index in [1.165, 1.54) is 0 Å². The molecular weight excluding hydrogens is 204 g/mol. The molecule has 5 heteroatoms. The fourth-order valence-corrected chi connectivity index (χ4v) is 1.58. The van der Waals surface area contributed by atoms with Crippen molar-refractivity contribution >= 4 is 5.82 Å². The van der Waals surface area contributed by atoms with Gasteiger partial charge in [0.15, 0.2) is 0 Å². The highest BCUT2D eigenvalue weighted by Gasteiger charge is 2.04. The molecule has 0 atom stereocenters. The van der Waals surface area contributed by atoms with Gasteiger partial charge in [0.05, 0.1) is 6.54 Å². The summed E-state index contributed by atoms with van der Waals surface area (Å²) in [4.78, 5) is 15.8. The summed E-state index contributed by atoms with van der Waals surface area (Å²) >= 11 is 0. The molecule has 2 rings (SSSR count). The van der Waals surface area contributed by atoms with Gasteiger partial charge in [-0.3, -0.25) is 9.13 Å². The molecule has 84 valence electrons. The zero-order valence-electron chi connectivity index (χ0n) is 9.13. The number of imidazole rings is 1. The highest BCUT2D eigenvalue weighted by atomic mass is 16.1. The van der Waals surface area contributed by atoms with Crippen LogP contribution in [0.1, 0.15) is 12.5 Å². The lowest BCUT2D eigenvalue weighted by molar-refractivity contribution is 0.668. The molecular formula is C11H14N4O. The number of nitrogens with zero attached hydrogens (tertiary/aromatic N) is 3. The number of anilines is 1. The molecule has 0 amide bonds. The van der Waals surface area contributed by atoms with Crippen LogP contribution in [0.3, 0.4) is 0 Å². The predicted molar refractivity (Wildman–Crippen MR) is 62.1 cm³/mol. The summed E-state index contributed by atoms with van der Waals surface area (Å²) in [6.07, 6.45) is 5.17. The van der Waals surface area contributed by atoms with Gasteiger partial charge >= 0.3 is 5.69 Å². The molecule has 5 nitrogen and oxygen atoms in total. The quantitative estimate of drug-likeness (QED) is 0.824. The van der Waals surface area contributed by atoms with E-state index in [4.69, 9.17) is 5.73 Å². The Hall–Kier alpha value is -2.04. The molecule has 0 fully saturated rings. The van der Waals surface area contributed by atoms with E-state index in [-0.39, 0.29) is 5.69 Å². The summed E-state index contributed by atoms with van der Waals surface area (Å²) in [6.45, 7) is 3.07. The molecule has 0 aliphatic rings. The van der Waals surface area contributed by atoms with Crippen LogP contribution in [-0.4, -0.2) is 14.1 Å². The van der Waals surface area contributed by atoms with E-state index in [9.17, 15) is 4.79 Å². The van der Waals surface area contributed by atoms with Gasteiger partial charge in [0.1, 0.15) is 5.82 Å². The van der Waals surface area contributed by atoms with E-state index in [1.54, 1.807) is 27.7 Å². The largest absolute Gasteiger partial charge is 0.383 e. The van der Waals surface area contributed by atoms with Gasteiger partial charge in [-0.2, -0.15) is 0 Å². The normalized spacial score (nSPS) is 10.6. The van der Waals surface area contributed by atoms with Gasteiger partial charge in [0, 0.05) is 30.7 Å². The van der Waals surface area contributed by atoms with Crippen molar-refractivity contribution in [1.82, 2.24) is 14.1 Å². The topological polar surface area (TPSA) is 65.8 Å². The third-order valence-corrected chi connectivity index (χ3v) is 2.53. The van der Waals surface area contributed by atoms with E-state index in [1.807, 2.05) is 19.1 Å². The monoisotopic (exact) mass is 218 g/mol. The first-order valence-corrected chi connectivity index (χ1v) is 5.17. The summed E-state index contributed by atoms with van der Waals surface area (Å²) in [5.74, 6) is 0.471. The Bertz CT molecular complexity index is 541. The highest BCUT2D eigenvalue weighted by molar-refractivity contribution is 5.38. The summed E-state index contributed by atoms with van der Waals surface area (Å²) in [7, 11) is 0. The van der Waals surface area contributed by atoms with Gasteiger partial charge in [-0.15, -0.1) is 0 Å². The van der Waals surface area contributed by atoms with Crippen LogP contribution in [0.5, 0.6) is 0 Å². The third-order valence-electron chi connectivity index (χ3n) is 2.53. The number of hydrogen-bond donors (Lipinski definition) is 1. The Balaban J connectivity index is 2.31. The standard InChI is InChI=1S/C11H14N4O/c1-2-14-6-7-15(11(14)16)8-9-4-3-5-13-10(9)12/h3-7H,2,8H2,1H3,(H2,12,13). The molecule has 0 saturated heterocycles. The molecule has 0 radical (unpaired) electrons. The number of hydrogen-bond acceptors (Lipinski definition) is 3. The fourth-order valence-electron chi connectivity index (χ4n) is 1.58. The lowest BCUT2D eigenvalue weighted by atomic mass is 10.2. The Morgan fingerprint density at radius 2 is 2.12 bits per heavy atom. The summed E-state index contributed by atoms with van der Waals surface area (Å²) in [5.41, 5.74) is 6.56. The average molecular weight is 218 g/mol. The van der Waals surface area contributed by atoms with Gasteiger partial charge in [-0.25, -0.2) is 9.78 Å². The summed E-state index contributed by atoms with van der Waals surface area (Å²) in [5, 5.41) is 0. The van der Waals surface area contributed by atoms with Crippen LogP contribution in [0.2, 0.25) is 0 Å². The number of rotatable bonds is 3. The van der Waals surface area contributed by atoms with E-state index in [0.717, 1.165) is 5.56 Å². The fraction of sp³-hybridized carbons (Fsp3) is 0.273. The molecule has 0 aromatic carbocycles. The van der Waals surface area contributed by atoms with Crippen LogP contribution in [-0.2, 0) is 13.1 Å². The Morgan fingerprint density at radius 3 is 2.75 bits per heavy atom. The number of nitrogen functional groups attached to an aromatic ring is 1. The minimum absolute atomic E-state index is 0.0225. The van der Waals surface area contributed by atoms with Crippen LogP contribution in [0.25, 0.3) is 0 Å². The van der Waals surface area contributed by atoms with E-state index in [0.29, 0.717) is 18.9 Å². The van der Waals surface area contributed by atoms with Crippen molar-refractivity contribution in [2.75, 3.05) is 5.73 Å².